The Bertz CT molecular complexity index is 303. The van der Waals surface area contributed by atoms with Crippen molar-refractivity contribution in [3.8, 4) is 0 Å². The molecular formula is C11H21N3O6. The minimum Gasteiger partial charge on any atom is -0.395 e. The number of hydrogen-bond donors (Lipinski definition) is 4. The molecule has 1 fully saturated rings. The standard InChI is InChI=1S/C5H5NO3.C4H9NO2.C2H7NO/c7-3-6-4(8)1-2-5(6)9;1-4(7)5-2-3-6;3-1-2-4/h3H,1-2H2;6H,2-3H2,1H3,(H,5,7);4H,1-3H2. The van der Waals surface area contributed by atoms with Gasteiger partial charge in [0.25, 0.3) is 0 Å². The van der Waals surface area contributed by atoms with Crippen molar-refractivity contribution in [2.75, 3.05) is 26.3 Å². The van der Waals surface area contributed by atoms with Crippen molar-refractivity contribution in [2.24, 2.45) is 5.73 Å². The molecule has 9 nitrogen and oxygen atoms in total. The van der Waals surface area contributed by atoms with Gasteiger partial charge in [0.15, 0.2) is 0 Å². The van der Waals surface area contributed by atoms with Gasteiger partial charge >= 0.3 is 0 Å². The predicted molar refractivity (Wildman–Crippen MR) is 69.1 cm³/mol. The predicted octanol–water partition coefficient (Wildman–Crippen LogP) is -2.66. The average Bonchev–Trinajstić information content (AvgIpc) is 2.76. The summed E-state index contributed by atoms with van der Waals surface area (Å²) in [5, 5.41) is 18.3. The third kappa shape index (κ3) is 11.3. The van der Waals surface area contributed by atoms with E-state index in [4.69, 9.17) is 15.9 Å². The summed E-state index contributed by atoms with van der Waals surface area (Å²) in [5.74, 6) is -0.890. The summed E-state index contributed by atoms with van der Waals surface area (Å²) >= 11 is 0. The monoisotopic (exact) mass is 291 g/mol. The second-order valence-electron chi connectivity index (χ2n) is 3.48. The molecule has 9 heteroatoms. The van der Waals surface area contributed by atoms with E-state index in [1.807, 2.05) is 0 Å². The van der Waals surface area contributed by atoms with Gasteiger partial charge in [0.2, 0.25) is 24.1 Å². The maximum Gasteiger partial charge on any atom is 0.236 e. The number of aliphatic hydroxyl groups is 2. The topological polar surface area (TPSA) is 150 Å². The lowest BCUT2D eigenvalue weighted by Gasteiger charge is -1.99. The Labute approximate surface area is 116 Å². The van der Waals surface area contributed by atoms with E-state index in [0.717, 1.165) is 0 Å². The van der Waals surface area contributed by atoms with Gasteiger partial charge in [-0.05, 0) is 0 Å². The Morgan fingerprint density at radius 1 is 1.30 bits per heavy atom. The number of nitrogens with zero attached hydrogens (tertiary/aromatic N) is 1. The van der Waals surface area contributed by atoms with Gasteiger partial charge in [0.1, 0.15) is 0 Å². The Hall–Kier alpha value is -1.84. The first-order valence-corrected chi connectivity index (χ1v) is 5.90. The Balaban J connectivity index is 0. The molecule has 0 aliphatic carbocycles. The molecule has 1 aliphatic rings. The fourth-order valence-electron chi connectivity index (χ4n) is 0.943. The van der Waals surface area contributed by atoms with Crippen LogP contribution in [-0.4, -0.2) is 65.5 Å². The highest BCUT2D eigenvalue weighted by molar-refractivity contribution is 6.09. The van der Waals surface area contributed by atoms with Gasteiger partial charge in [0.05, 0.1) is 13.2 Å². The van der Waals surface area contributed by atoms with Crippen LogP contribution >= 0.6 is 0 Å². The lowest BCUT2D eigenvalue weighted by Crippen LogP contribution is -2.26. The Kier molecular flexibility index (Phi) is 13.9. The van der Waals surface area contributed by atoms with Crippen molar-refractivity contribution >= 4 is 24.1 Å². The summed E-state index contributed by atoms with van der Waals surface area (Å²) in [6.45, 7) is 2.25. The molecule has 0 radical (unpaired) electrons. The normalized spacial score (nSPS) is 12.9. The third-order valence-corrected chi connectivity index (χ3v) is 1.81. The molecule has 0 atom stereocenters. The van der Waals surface area contributed by atoms with Crippen LogP contribution in [0.3, 0.4) is 0 Å². The number of carbonyl (C=O) groups is 4. The quantitative estimate of drug-likeness (QED) is 0.326. The molecule has 116 valence electrons. The van der Waals surface area contributed by atoms with Crippen molar-refractivity contribution in [3.63, 3.8) is 0 Å². The van der Waals surface area contributed by atoms with Crippen molar-refractivity contribution in [3.05, 3.63) is 0 Å². The van der Waals surface area contributed by atoms with E-state index in [1.165, 1.54) is 6.92 Å². The van der Waals surface area contributed by atoms with Gasteiger partial charge in [0, 0.05) is 32.9 Å². The van der Waals surface area contributed by atoms with Crippen LogP contribution in [0.2, 0.25) is 0 Å². The zero-order valence-electron chi connectivity index (χ0n) is 11.4. The fourth-order valence-corrected chi connectivity index (χ4v) is 0.943. The highest BCUT2D eigenvalue weighted by Crippen LogP contribution is 2.07. The zero-order chi connectivity index (χ0) is 16.0. The summed E-state index contributed by atoms with van der Waals surface area (Å²) in [4.78, 5) is 41.5. The number of hydrogen-bond acceptors (Lipinski definition) is 7. The minimum atomic E-state index is -0.394. The van der Waals surface area contributed by atoms with Crippen LogP contribution in [0, 0.1) is 0 Å². The van der Waals surface area contributed by atoms with Crippen molar-refractivity contribution in [1.29, 1.82) is 0 Å². The first-order valence-electron chi connectivity index (χ1n) is 5.90. The molecule has 1 rings (SSSR count). The van der Waals surface area contributed by atoms with Gasteiger partial charge in [-0.15, -0.1) is 0 Å². The number of amides is 4. The average molecular weight is 291 g/mol. The molecule has 0 bridgehead atoms. The Morgan fingerprint density at radius 3 is 1.90 bits per heavy atom. The van der Waals surface area contributed by atoms with E-state index in [2.05, 4.69) is 5.32 Å². The van der Waals surface area contributed by atoms with E-state index in [0.29, 0.717) is 18.0 Å². The van der Waals surface area contributed by atoms with E-state index < -0.39 is 11.8 Å². The number of imide groups is 3. The van der Waals surface area contributed by atoms with E-state index in [9.17, 15) is 19.2 Å². The van der Waals surface area contributed by atoms with Gasteiger partial charge in [-0.25, -0.2) is 4.90 Å². The molecule has 4 amide bonds. The van der Waals surface area contributed by atoms with Gasteiger partial charge < -0.3 is 21.3 Å². The van der Waals surface area contributed by atoms with Crippen molar-refractivity contribution in [2.45, 2.75) is 19.8 Å². The molecule has 5 N–H and O–H groups in total. The molecule has 1 saturated heterocycles. The summed E-state index contributed by atoms with van der Waals surface area (Å²) in [7, 11) is 0. The zero-order valence-corrected chi connectivity index (χ0v) is 11.4. The SMILES string of the molecule is CC(=O)NCCO.NCCO.O=CN1C(=O)CCC1=O. The third-order valence-electron chi connectivity index (χ3n) is 1.81. The number of nitrogens with one attached hydrogen (secondary N) is 1. The molecule has 1 heterocycles. The van der Waals surface area contributed by atoms with E-state index >= 15 is 0 Å². The minimum absolute atomic E-state index is 0.0135. The molecule has 0 spiro atoms. The van der Waals surface area contributed by atoms with Gasteiger partial charge in [-0.3, -0.25) is 19.2 Å². The first kappa shape index (κ1) is 20.5. The smallest absolute Gasteiger partial charge is 0.236 e. The Morgan fingerprint density at radius 2 is 1.75 bits per heavy atom. The van der Waals surface area contributed by atoms with Crippen LogP contribution in [0.5, 0.6) is 0 Å². The molecule has 0 aromatic heterocycles. The number of aliphatic hydroxyl groups excluding tert-OH is 2. The largest absolute Gasteiger partial charge is 0.395 e. The van der Waals surface area contributed by atoms with Crippen LogP contribution in [0.4, 0.5) is 0 Å². The number of rotatable bonds is 4. The molecule has 20 heavy (non-hydrogen) atoms. The highest BCUT2D eigenvalue weighted by Gasteiger charge is 2.27. The second-order valence-corrected chi connectivity index (χ2v) is 3.48. The summed E-state index contributed by atoms with van der Waals surface area (Å²) < 4.78 is 0. The summed E-state index contributed by atoms with van der Waals surface area (Å²) in [6.07, 6.45) is 0.618. The molecule has 0 unspecified atom stereocenters. The van der Waals surface area contributed by atoms with Crippen molar-refractivity contribution < 1.29 is 29.4 Å². The van der Waals surface area contributed by atoms with E-state index in [-0.39, 0.29) is 38.4 Å². The molecule has 0 aromatic carbocycles. The van der Waals surface area contributed by atoms with Crippen LogP contribution < -0.4 is 11.1 Å². The van der Waals surface area contributed by atoms with E-state index in [1.54, 1.807) is 0 Å². The molecular weight excluding hydrogens is 270 g/mol. The fraction of sp³-hybridized carbons (Fsp3) is 0.636. The number of likely N-dealkylation sites (tertiary alicyclic amines) is 1. The van der Waals surface area contributed by atoms with Gasteiger partial charge in [-0.1, -0.05) is 0 Å². The molecule has 0 aromatic rings. The maximum absolute atomic E-state index is 10.5. The van der Waals surface area contributed by atoms with Crippen LogP contribution in [0.1, 0.15) is 19.8 Å². The summed E-state index contributed by atoms with van der Waals surface area (Å²) in [5.41, 5.74) is 4.78. The highest BCUT2D eigenvalue weighted by atomic mass is 16.3. The van der Waals surface area contributed by atoms with Crippen molar-refractivity contribution in [1.82, 2.24) is 10.2 Å². The lowest BCUT2D eigenvalue weighted by molar-refractivity contribution is -0.143. The molecule has 1 aliphatic heterocycles. The van der Waals surface area contributed by atoms with Gasteiger partial charge in [-0.2, -0.15) is 0 Å². The second kappa shape index (κ2) is 13.6. The number of nitrogens with two attached hydrogens (primary N) is 1. The maximum atomic E-state index is 10.5. The first-order chi connectivity index (χ1) is 9.44. The van der Waals surface area contributed by atoms with Crippen LogP contribution in [0.15, 0.2) is 0 Å². The summed E-state index contributed by atoms with van der Waals surface area (Å²) in [6, 6.07) is 0. The molecule has 0 saturated carbocycles. The van der Waals surface area contributed by atoms with Crippen LogP contribution in [-0.2, 0) is 19.2 Å². The lowest BCUT2D eigenvalue weighted by atomic mass is 10.4. The van der Waals surface area contributed by atoms with Crippen LogP contribution in [0.25, 0.3) is 0 Å². The number of carbonyl (C=O) groups excluding carboxylic acids is 4.